The minimum absolute atomic E-state index is 0.0902. The van der Waals surface area contributed by atoms with Crippen molar-refractivity contribution >= 4 is 61.2 Å². The van der Waals surface area contributed by atoms with E-state index >= 15 is 0 Å². The summed E-state index contributed by atoms with van der Waals surface area (Å²) >= 11 is 13.3. The van der Waals surface area contributed by atoms with Crippen LogP contribution in [0.4, 0.5) is 10.7 Å². The Morgan fingerprint density at radius 3 is 2.22 bits per heavy atom. The van der Waals surface area contributed by atoms with E-state index in [9.17, 15) is 13.2 Å². The van der Waals surface area contributed by atoms with E-state index in [2.05, 4.69) is 10.0 Å². The van der Waals surface area contributed by atoms with Crippen LogP contribution in [0, 0.1) is 0 Å². The molecule has 168 valence electrons. The third-order valence-corrected chi connectivity index (χ3v) is 8.60. The predicted molar refractivity (Wildman–Crippen MR) is 132 cm³/mol. The molecule has 2 aromatic carbocycles. The third-order valence-electron chi connectivity index (χ3n) is 5.35. The average molecular weight is 509 g/mol. The molecule has 0 atom stereocenters. The Balaban J connectivity index is 1.62. The number of aryl methyl sites for hydroxylation is 1. The minimum atomic E-state index is -3.81. The second-order valence-corrected chi connectivity index (χ2v) is 11.3. The molecule has 32 heavy (non-hydrogen) atoms. The molecule has 3 aromatic rings. The zero-order chi connectivity index (χ0) is 22.7. The second kappa shape index (κ2) is 9.83. The monoisotopic (exact) mass is 508 g/mol. The van der Waals surface area contributed by atoms with Crippen molar-refractivity contribution in [1.82, 2.24) is 0 Å². The molecule has 0 fully saturated rings. The van der Waals surface area contributed by atoms with E-state index < -0.39 is 10.0 Å². The van der Waals surface area contributed by atoms with Crippen molar-refractivity contribution < 1.29 is 13.2 Å². The molecule has 0 radical (unpaired) electrons. The number of benzene rings is 2. The first kappa shape index (κ1) is 23.1. The maximum Gasteiger partial charge on any atom is 0.262 e. The van der Waals surface area contributed by atoms with Gasteiger partial charge in [-0.05, 0) is 79.8 Å². The van der Waals surface area contributed by atoms with Crippen molar-refractivity contribution in [2.24, 2.45) is 0 Å². The normalized spacial score (nSPS) is 13.8. The van der Waals surface area contributed by atoms with Crippen LogP contribution < -0.4 is 10.0 Å². The summed E-state index contributed by atoms with van der Waals surface area (Å²) in [5.41, 5.74) is 2.51. The van der Waals surface area contributed by atoms with Gasteiger partial charge in [0.1, 0.15) is 5.00 Å². The highest BCUT2D eigenvalue weighted by atomic mass is 35.5. The molecule has 0 bridgehead atoms. The van der Waals surface area contributed by atoms with Crippen LogP contribution in [0.3, 0.4) is 0 Å². The zero-order valence-corrected chi connectivity index (χ0v) is 20.3. The van der Waals surface area contributed by atoms with Crippen LogP contribution in [-0.2, 0) is 34.1 Å². The number of carbonyl (C=O) groups excluding carboxylic acids is 1. The number of fused-ring (bicyclic) bond motifs is 1. The molecule has 1 aliphatic carbocycles. The molecule has 0 spiro atoms. The Morgan fingerprint density at radius 2 is 1.53 bits per heavy atom. The molecule has 1 heterocycles. The smallest absolute Gasteiger partial charge is 0.262 e. The number of sulfonamides is 1. The average Bonchev–Trinajstić information content (AvgIpc) is 2.90. The Labute approximate surface area is 201 Å². The first-order chi connectivity index (χ1) is 15.3. The maximum absolute atomic E-state index is 13.0. The van der Waals surface area contributed by atoms with Gasteiger partial charge >= 0.3 is 0 Å². The van der Waals surface area contributed by atoms with Crippen LogP contribution in [0.5, 0.6) is 0 Å². The lowest BCUT2D eigenvalue weighted by Gasteiger charge is -2.11. The molecule has 1 aromatic heterocycles. The fraction of sp³-hybridized carbons (Fsp3) is 0.261. The SMILES string of the molecule is O=C(Cc1c(NS(=O)(=O)c2ccc(Cl)cc2)sc2c1CCCCC2)Nc1ccc(Cl)cc1. The van der Waals surface area contributed by atoms with Gasteiger partial charge in [0.25, 0.3) is 10.0 Å². The van der Waals surface area contributed by atoms with Crippen molar-refractivity contribution in [3.05, 3.63) is 74.6 Å². The van der Waals surface area contributed by atoms with Crippen molar-refractivity contribution in [2.45, 2.75) is 43.4 Å². The van der Waals surface area contributed by atoms with E-state index in [1.54, 1.807) is 36.4 Å². The first-order valence-electron chi connectivity index (χ1n) is 10.3. The van der Waals surface area contributed by atoms with Gasteiger partial charge in [-0.3, -0.25) is 9.52 Å². The maximum atomic E-state index is 13.0. The number of amides is 1. The first-order valence-corrected chi connectivity index (χ1v) is 13.3. The highest BCUT2D eigenvalue weighted by Gasteiger charge is 2.25. The minimum Gasteiger partial charge on any atom is -0.326 e. The van der Waals surface area contributed by atoms with Crippen LogP contribution in [0.15, 0.2) is 53.4 Å². The molecule has 1 aliphatic rings. The third kappa shape index (κ3) is 5.46. The summed E-state index contributed by atoms with van der Waals surface area (Å²) in [4.78, 5) is 14.1. The summed E-state index contributed by atoms with van der Waals surface area (Å²) in [7, 11) is -3.81. The number of hydrogen-bond donors (Lipinski definition) is 2. The van der Waals surface area contributed by atoms with E-state index in [1.165, 1.54) is 23.5 Å². The fourth-order valence-corrected chi connectivity index (χ4v) is 6.66. The fourth-order valence-electron chi connectivity index (χ4n) is 3.77. The standard InChI is InChI=1S/C23H22Cl2N2O3S2/c24-15-6-10-17(11-7-15)26-22(28)14-20-19-4-2-1-3-5-21(19)31-23(20)27-32(29,30)18-12-8-16(25)9-13-18/h6-13,27H,1-5,14H2,(H,26,28). The van der Waals surface area contributed by atoms with Crippen LogP contribution >= 0.6 is 34.5 Å². The van der Waals surface area contributed by atoms with Crippen LogP contribution in [0.1, 0.15) is 35.3 Å². The lowest BCUT2D eigenvalue weighted by atomic mass is 10.0. The van der Waals surface area contributed by atoms with E-state index in [0.29, 0.717) is 20.7 Å². The molecule has 4 rings (SSSR count). The summed E-state index contributed by atoms with van der Waals surface area (Å²) in [6.07, 6.45) is 5.05. The van der Waals surface area contributed by atoms with Gasteiger partial charge in [0.15, 0.2) is 0 Å². The van der Waals surface area contributed by atoms with Gasteiger partial charge in [-0.15, -0.1) is 11.3 Å². The zero-order valence-electron chi connectivity index (χ0n) is 17.2. The number of carbonyl (C=O) groups is 1. The Morgan fingerprint density at radius 1 is 0.906 bits per heavy atom. The van der Waals surface area contributed by atoms with Crippen molar-refractivity contribution in [2.75, 3.05) is 10.0 Å². The van der Waals surface area contributed by atoms with Gasteiger partial charge < -0.3 is 5.32 Å². The molecular weight excluding hydrogens is 487 g/mol. The van der Waals surface area contributed by atoms with E-state index in [1.807, 2.05) is 0 Å². The van der Waals surface area contributed by atoms with Crippen LogP contribution in [0.2, 0.25) is 10.0 Å². The van der Waals surface area contributed by atoms with Gasteiger partial charge in [-0.25, -0.2) is 8.42 Å². The summed E-state index contributed by atoms with van der Waals surface area (Å²) in [6, 6.07) is 12.9. The summed E-state index contributed by atoms with van der Waals surface area (Å²) < 4.78 is 28.7. The molecule has 9 heteroatoms. The number of halogens is 2. The molecule has 5 nitrogen and oxygen atoms in total. The van der Waals surface area contributed by atoms with Crippen LogP contribution in [0.25, 0.3) is 0 Å². The number of rotatable bonds is 6. The molecule has 2 N–H and O–H groups in total. The molecule has 0 aliphatic heterocycles. The van der Waals surface area contributed by atoms with Crippen molar-refractivity contribution in [1.29, 1.82) is 0 Å². The second-order valence-electron chi connectivity index (χ2n) is 7.66. The van der Waals surface area contributed by atoms with Crippen LogP contribution in [-0.4, -0.2) is 14.3 Å². The number of anilines is 2. The highest BCUT2D eigenvalue weighted by Crippen LogP contribution is 2.39. The molecule has 1 amide bonds. The van der Waals surface area contributed by atoms with E-state index in [0.717, 1.165) is 48.1 Å². The molecule has 0 saturated carbocycles. The summed E-state index contributed by atoms with van der Waals surface area (Å²) in [5, 5.41) is 4.44. The van der Waals surface area contributed by atoms with E-state index in [-0.39, 0.29) is 17.2 Å². The van der Waals surface area contributed by atoms with Crippen molar-refractivity contribution in [3.63, 3.8) is 0 Å². The van der Waals surface area contributed by atoms with E-state index in [4.69, 9.17) is 23.2 Å². The lowest BCUT2D eigenvalue weighted by Crippen LogP contribution is -2.18. The van der Waals surface area contributed by atoms with Crippen molar-refractivity contribution in [3.8, 4) is 0 Å². The number of thiophene rings is 1. The quantitative estimate of drug-likeness (QED) is 0.383. The summed E-state index contributed by atoms with van der Waals surface area (Å²) in [6.45, 7) is 0. The van der Waals surface area contributed by atoms with Gasteiger partial charge in [0.2, 0.25) is 5.91 Å². The largest absolute Gasteiger partial charge is 0.326 e. The number of hydrogen-bond acceptors (Lipinski definition) is 4. The summed E-state index contributed by atoms with van der Waals surface area (Å²) in [5.74, 6) is -0.205. The molecule has 0 unspecified atom stereocenters. The van der Waals surface area contributed by atoms with Gasteiger partial charge in [0.05, 0.1) is 11.3 Å². The highest BCUT2D eigenvalue weighted by molar-refractivity contribution is 7.93. The van der Waals surface area contributed by atoms with Gasteiger partial charge in [-0.2, -0.15) is 0 Å². The predicted octanol–water partition coefficient (Wildman–Crippen LogP) is 6.31. The topological polar surface area (TPSA) is 75.3 Å². The Kier molecular flexibility index (Phi) is 7.10. The Hall–Kier alpha value is -2.06. The number of nitrogens with one attached hydrogen (secondary N) is 2. The van der Waals surface area contributed by atoms with Gasteiger partial charge in [-0.1, -0.05) is 29.6 Å². The lowest BCUT2D eigenvalue weighted by molar-refractivity contribution is -0.115. The van der Waals surface area contributed by atoms with Gasteiger partial charge in [0, 0.05) is 26.2 Å². The molecular formula is C23H22Cl2N2O3S2. The Bertz CT molecular complexity index is 1220. The molecule has 0 saturated heterocycles.